The van der Waals surface area contributed by atoms with Crippen LogP contribution < -0.4 is 5.73 Å². The molecule has 2 rings (SSSR count). The zero-order valence-corrected chi connectivity index (χ0v) is 8.31. The number of hydrogen-bond acceptors (Lipinski definition) is 4. The van der Waals surface area contributed by atoms with Gasteiger partial charge in [-0.15, -0.1) is 10.2 Å². The lowest BCUT2D eigenvalue weighted by atomic mass is 10.00. The third kappa shape index (κ3) is 1.26. The van der Waals surface area contributed by atoms with Crippen LogP contribution in [-0.2, 0) is 5.54 Å². The van der Waals surface area contributed by atoms with E-state index in [9.17, 15) is 0 Å². The predicted molar refractivity (Wildman–Crippen MR) is 52.6 cm³/mol. The third-order valence-electron chi connectivity index (χ3n) is 2.43. The zero-order valence-electron chi connectivity index (χ0n) is 8.31. The lowest BCUT2D eigenvalue weighted by Gasteiger charge is -2.19. The van der Waals surface area contributed by atoms with E-state index in [0.717, 1.165) is 12.2 Å². The van der Waals surface area contributed by atoms with Crippen molar-refractivity contribution in [1.29, 1.82) is 0 Å². The first-order valence-electron chi connectivity index (χ1n) is 4.60. The molecule has 2 aromatic heterocycles. The maximum absolute atomic E-state index is 6.10. The average Bonchev–Trinajstić information content (AvgIpc) is 2.61. The second-order valence-electron chi connectivity index (χ2n) is 3.58. The summed E-state index contributed by atoms with van der Waals surface area (Å²) in [5, 5.41) is 8.02. The largest absolute Gasteiger partial charge is 0.319 e. The fraction of sp³-hybridized carbons (Fsp3) is 0.444. The lowest BCUT2D eigenvalue weighted by molar-refractivity contribution is 0.441. The van der Waals surface area contributed by atoms with Crippen LogP contribution in [0.25, 0.3) is 5.78 Å². The number of hydrogen-bond donors (Lipinski definition) is 1. The van der Waals surface area contributed by atoms with Crippen LogP contribution in [0.4, 0.5) is 0 Å². The van der Waals surface area contributed by atoms with Crippen molar-refractivity contribution in [3.63, 3.8) is 0 Å². The number of fused-ring (bicyclic) bond motifs is 1. The van der Waals surface area contributed by atoms with Gasteiger partial charge in [-0.2, -0.15) is 0 Å². The molecule has 74 valence electrons. The Labute approximate surface area is 82.0 Å². The molecule has 0 aliphatic rings. The van der Waals surface area contributed by atoms with Crippen molar-refractivity contribution in [3.05, 3.63) is 24.3 Å². The molecule has 0 aliphatic heterocycles. The van der Waals surface area contributed by atoms with Crippen LogP contribution in [0.5, 0.6) is 0 Å². The van der Waals surface area contributed by atoms with E-state index >= 15 is 0 Å². The van der Waals surface area contributed by atoms with Crippen molar-refractivity contribution in [2.75, 3.05) is 0 Å². The van der Waals surface area contributed by atoms with Gasteiger partial charge in [0.25, 0.3) is 5.78 Å². The summed E-state index contributed by atoms with van der Waals surface area (Å²) in [6, 6.07) is 1.84. The summed E-state index contributed by atoms with van der Waals surface area (Å²) in [5.74, 6) is 1.34. The van der Waals surface area contributed by atoms with Crippen molar-refractivity contribution in [1.82, 2.24) is 19.6 Å². The molecule has 2 aromatic rings. The Morgan fingerprint density at radius 3 is 3.00 bits per heavy atom. The maximum atomic E-state index is 6.10. The summed E-state index contributed by atoms with van der Waals surface area (Å²) in [5.41, 5.74) is 5.64. The number of nitrogens with two attached hydrogens (primary N) is 1. The number of rotatable bonds is 2. The first kappa shape index (κ1) is 9.08. The van der Waals surface area contributed by atoms with Gasteiger partial charge in [0.1, 0.15) is 0 Å². The SMILES string of the molecule is CCC(C)(N)c1nnc2ncccn12. The molecule has 2 N–H and O–H groups in total. The van der Waals surface area contributed by atoms with Crippen molar-refractivity contribution in [3.8, 4) is 0 Å². The van der Waals surface area contributed by atoms with Crippen LogP contribution in [0.1, 0.15) is 26.1 Å². The van der Waals surface area contributed by atoms with E-state index < -0.39 is 5.54 Å². The van der Waals surface area contributed by atoms with Crippen LogP contribution in [0, 0.1) is 0 Å². The van der Waals surface area contributed by atoms with Gasteiger partial charge in [0.15, 0.2) is 5.82 Å². The van der Waals surface area contributed by atoms with Crippen LogP contribution in [-0.4, -0.2) is 19.6 Å². The Bertz CT molecular complexity index is 445. The van der Waals surface area contributed by atoms with Crippen molar-refractivity contribution < 1.29 is 0 Å². The summed E-state index contributed by atoms with van der Waals surface area (Å²) >= 11 is 0. The maximum Gasteiger partial charge on any atom is 0.255 e. The minimum atomic E-state index is -0.456. The molecule has 0 radical (unpaired) electrons. The molecule has 0 fully saturated rings. The monoisotopic (exact) mass is 191 g/mol. The van der Waals surface area contributed by atoms with E-state index in [-0.39, 0.29) is 0 Å². The molecule has 0 amide bonds. The Hall–Kier alpha value is -1.49. The predicted octanol–water partition coefficient (Wildman–Crippen LogP) is 0.708. The smallest absolute Gasteiger partial charge is 0.255 e. The molecule has 0 aromatic carbocycles. The highest BCUT2D eigenvalue weighted by Crippen LogP contribution is 2.18. The van der Waals surface area contributed by atoms with Crippen LogP contribution in [0.15, 0.2) is 18.5 Å². The van der Waals surface area contributed by atoms with Gasteiger partial charge in [-0.3, -0.25) is 4.40 Å². The average molecular weight is 191 g/mol. The molecule has 14 heavy (non-hydrogen) atoms. The van der Waals surface area contributed by atoms with Crippen LogP contribution >= 0.6 is 0 Å². The summed E-state index contributed by atoms with van der Waals surface area (Å²) < 4.78 is 1.82. The van der Waals surface area contributed by atoms with Gasteiger partial charge < -0.3 is 5.73 Å². The normalized spacial score (nSPS) is 15.6. The molecule has 5 nitrogen and oxygen atoms in total. The van der Waals surface area contributed by atoms with Crippen molar-refractivity contribution in [2.24, 2.45) is 5.73 Å². The number of aromatic nitrogens is 4. The standard InChI is InChI=1S/C9H13N5/c1-3-9(2,10)7-12-13-8-11-5-4-6-14(7)8/h4-6H,3,10H2,1-2H3. The van der Waals surface area contributed by atoms with Gasteiger partial charge in [0.2, 0.25) is 0 Å². The molecular formula is C9H13N5. The summed E-state index contributed by atoms with van der Waals surface area (Å²) in [7, 11) is 0. The van der Waals surface area contributed by atoms with Gasteiger partial charge >= 0.3 is 0 Å². The molecular weight excluding hydrogens is 178 g/mol. The Balaban J connectivity index is 2.64. The van der Waals surface area contributed by atoms with Crippen LogP contribution in [0.3, 0.4) is 0 Å². The zero-order chi connectivity index (χ0) is 10.2. The van der Waals surface area contributed by atoms with Gasteiger partial charge in [0, 0.05) is 12.4 Å². The molecule has 0 saturated heterocycles. The highest BCUT2D eigenvalue weighted by atomic mass is 15.3. The molecule has 0 spiro atoms. The highest BCUT2D eigenvalue weighted by Gasteiger charge is 2.24. The molecule has 0 saturated carbocycles. The molecule has 0 aliphatic carbocycles. The minimum absolute atomic E-state index is 0.456. The van der Waals surface area contributed by atoms with E-state index in [4.69, 9.17) is 5.73 Å². The quantitative estimate of drug-likeness (QED) is 0.759. The Morgan fingerprint density at radius 1 is 1.50 bits per heavy atom. The molecule has 1 atom stereocenters. The lowest BCUT2D eigenvalue weighted by Crippen LogP contribution is -2.34. The topological polar surface area (TPSA) is 69.1 Å². The number of nitrogens with zero attached hydrogens (tertiary/aromatic N) is 4. The van der Waals surface area contributed by atoms with Crippen molar-refractivity contribution >= 4 is 5.78 Å². The fourth-order valence-corrected chi connectivity index (χ4v) is 1.29. The summed E-state index contributed by atoms with van der Waals surface area (Å²) in [6.07, 6.45) is 4.37. The van der Waals surface area contributed by atoms with Gasteiger partial charge in [0.05, 0.1) is 5.54 Å². The second-order valence-corrected chi connectivity index (χ2v) is 3.58. The molecule has 1 unspecified atom stereocenters. The minimum Gasteiger partial charge on any atom is -0.319 e. The Kier molecular flexibility index (Phi) is 1.96. The molecule has 5 heteroatoms. The van der Waals surface area contributed by atoms with E-state index in [1.165, 1.54) is 0 Å². The van der Waals surface area contributed by atoms with E-state index in [1.54, 1.807) is 6.20 Å². The fourth-order valence-electron chi connectivity index (χ4n) is 1.29. The second kappa shape index (κ2) is 3.02. The van der Waals surface area contributed by atoms with Crippen molar-refractivity contribution in [2.45, 2.75) is 25.8 Å². The van der Waals surface area contributed by atoms with Gasteiger partial charge in [-0.05, 0) is 19.4 Å². The van der Waals surface area contributed by atoms with E-state index in [1.807, 2.05) is 30.5 Å². The molecule has 0 bridgehead atoms. The van der Waals surface area contributed by atoms with Gasteiger partial charge in [-0.25, -0.2) is 4.98 Å². The van der Waals surface area contributed by atoms with Gasteiger partial charge in [-0.1, -0.05) is 6.92 Å². The molecule has 2 heterocycles. The first-order valence-corrected chi connectivity index (χ1v) is 4.60. The first-order chi connectivity index (χ1) is 6.65. The Morgan fingerprint density at radius 2 is 2.29 bits per heavy atom. The third-order valence-corrected chi connectivity index (χ3v) is 2.43. The summed E-state index contributed by atoms with van der Waals surface area (Å²) in [4.78, 5) is 4.08. The van der Waals surface area contributed by atoms with E-state index in [0.29, 0.717) is 5.78 Å². The van der Waals surface area contributed by atoms with Crippen LogP contribution in [0.2, 0.25) is 0 Å². The van der Waals surface area contributed by atoms with E-state index in [2.05, 4.69) is 15.2 Å². The summed E-state index contributed by atoms with van der Waals surface area (Å²) in [6.45, 7) is 3.97. The highest BCUT2D eigenvalue weighted by molar-refractivity contribution is 5.28.